The molecule has 7 nitrogen and oxygen atoms in total. The summed E-state index contributed by atoms with van der Waals surface area (Å²) in [7, 11) is 1.93. The van der Waals surface area contributed by atoms with Crippen molar-refractivity contribution in [2.75, 3.05) is 5.32 Å². The summed E-state index contributed by atoms with van der Waals surface area (Å²) in [5.41, 5.74) is 4.09. The number of nitrogens with zero attached hydrogens (tertiary/aromatic N) is 6. The predicted octanol–water partition coefficient (Wildman–Crippen LogP) is 2.98. The molecule has 1 N–H and O–H groups in total. The van der Waals surface area contributed by atoms with Crippen LogP contribution in [0, 0.1) is 6.92 Å². The Kier molecular flexibility index (Phi) is 4.18. The zero-order valence-electron chi connectivity index (χ0n) is 14.7. The van der Waals surface area contributed by atoms with Crippen molar-refractivity contribution >= 4 is 5.82 Å². The standard InChI is InChI=1S/C19H19N7/c1-14-5-3-4-6-17(14)26-13-15(12-22-26)11-21-18-8-7-16(23-24-18)19-20-9-10-25(19)2/h3-10,12-13H,11H2,1-2H3,(H,21,24). The Balaban J connectivity index is 1.43. The fraction of sp³-hybridized carbons (Fsp3) is 0.158. The van der Waals surface area contributed by atoms with Gasteiger partial charge < -0.3 is 9.88 Å². The molecule has 0 bridgehead atoms. The molecule has 130 valence electrons. The molecule has 4 rings (SSSR count). The van der Waals surface area contributed by atoms with Gasteiger partial charge in [0.1, 0.15) is 11.5 Å². The van der Waals surface area contributed by atoms with E-state index in [1.165, 1.54) is 5.56 Å². The number of rotatable bonds is 5. The molecule has 1 aromatic carbocycles. The molecule has 3 aromatic heterocycles. The van der Waals surface area contributed by atoms with Crippen LogP contribution < -0.4 is 5.32 Å². The van der Waals surface area contributed by atoms with E-state index in [9.17, 15) is 0 Å². The molecule has 0 amide bonds. The summed E-state index contributed by atoms with van der Waals surface area (Å²) in [5, 5.41) is 16.2. The molecule has 0 aliphatic rings. The van der Waals surface area contributed by atoms with Gasteiger partial charge >= 0.3 is 0 Å². The SMILES string of the molecule is Cc1ccccc1-n1cc(CNc2ccc(-c3nccn3C)nn2)cn1. The Bertz CT molecular complexity index is 1010. The van der Waals surface area contributed by atoms with Crippen LogP contribution >= 0.6 is 0 Å². The van der Waals surface area contributed by atoms with Gasteiger partial charge in [-0.1, -0.05) is 18.2 Å². The average molecular weight is 345 g/mol. The van der Waals surface area contributed by atoms with Gasteiger partial charge in [-0.2, -0.15) is 5.10 Å². The van der Waals surface area contributed by atoms with Gasteiger partial charge in [0.15, 0.2) is 5.82 Å². The van der Waals surface area contributed by atoms with E-state index in [0.29, 0.717) is 12.4 Å². The lowest BCUT2D eigenvalue weighted by Gasteiger charge is -2.05. The Hall–Kier alpha value is -3.48. The maximum absolute atomic E-state index is 4.45. The van der Waals surface area contributed by atoms with Crippen LogP contribution in [-0.4, -0.2) is 29.5 Å². The third-order valence-electron chi connectivity index (χ3n) is 4.19. The summed E-state index contributed by atoms with van der Waals surface area (Å²) in [6, 6.07) is 12.0. The van der Waals surface area contributed by atoms with Crippen LogP contribution in [-0.2, 0) is 13.6 Å². The monoisotopic (exact) mass is 345 g/mol. The fourth-order valence-electron chi connectivity index (χ4n) is 2.75. The number of nitrogens with one attached hydrogen (secondary N) is 1. The number of benzene rings is 1. The van der Waals surface area contributed by atoms with E-state index in [1.54, 1.807) is 6.20 Å². The van der Waals surface area contributed by atoms with Crippen molar-refractivity contribution in [3.05, 3.63) is 72.3 Å². The molecule has 0 aliphatic heterocycles. The third kappa shape index (κ3) is 3.19. The van der Waals surface area contributed by atoms with Crippen LogP contribution in [0.2, 0.25) is 0 Å². The van der Waals surface area contributed by atoms with E-state index in [-0.39, 0.29) is 0 Å². The molecule has 7 heteroatoms. The summed E-state index contributed by atoms with van der Waals surface area (Å²) in [5.74, 6) is 1.51. The zero-order valence-corrected chi connectivity index (χ0v) is 14.7. The minimum absolute atomic E-state index is 0.627. The van der Waals surface area contributed by atoms with E-state index in [0.717, 1.165) is 22.8 Å². The second-order valence-corrected chi connectivity index (χ2v) is 6.10. The number of aryl methyl sites for hydroxylation is 2. The molecule has 0 atom stereocenters. The molecule has 0 spiro atoms. The molecule has 26 heavy (non-hydrogen) atoms. The second-order valence-electron chi connectivity index (χ2n) is 6.10. The number of hydrogen-bond acceptors (Lipinski definition) is 5. The Morgan fingerprint density at radius 3 is 2.69 bits per heavy atom. The van der Waals surface area contributed by atoms with E-state index in [4.69, 9.17) is 0 Å². The predicted molar refractivity (Wildman–Crippen MR) is 99.9 cm³/mol. The van der Waals surface area contributed by atoms with Gasteiger partial charge in [0.25, 0.3) is 0 Å². The van der Waals surface area contributed by atoms with E-state index < -0.39 is 0 Å². The molecule has 4 aromatic rings. The van der Waals surface area contributed by atoms with Crippen molar-refractivity contribution in [1.82, 2.24) is 29.5 Å². The van der Waals surface area contributed by atoms with E-state index >= 15 is 0 Å². The second kappa shape index (κ2) is 6.79. The van der Waals surface area contributed by atoms with Crippen molar-refractivity contribution in [2.45, 2.75) is 13.5 Å². The molecular formula is C19H19N7. The minimum atomic E-state index is 0.627. The summed E-state index contributed by atoms with van der Waals surface area (Å²) >= 11 is 0. The number of imidazole rings is 1. The van der Waals surface area contributed by atoms with Crippen molar-refractivity contribution in [2.24, 2.45) is 7.05 Å². The topological polar surface area (TPSA) is 73.5 Å². The summed E-state index contributed by atoms with van der Waals surface area (Å²) in [6.07, 6.45) is 7.50. The molecule has 0 aliphatic carbocycles. The van der Waals surface area contributed by atoms with Crippen molar-refractivity contribution in [3.63, 3.8) is 0 Å². The summed E-state index contributed by atoms with van der Waals surface area (Å²) < 4.78 is 3.80. The molecular weight excluding hydrogens is 326 g/mol. The van der Waals surface area contributed by atoms with Crippen LogP contribution in [0.15, 0.2) is 61.2 Å². The normalized spacial score (nSPS) is 10.8. The van der Waals surface area contributed by atoms with Crippen molar-refractivity contribution < 1.29 is 0 Å². The van der Waals surface area contributed by atoms with Gasteiger partial charge in [0, 0.05) is 37.7 Å². The highest BCUT2D eigenvalue weighted by Crippen LogP contribution is 2.16. The van der Waals surface area contributed by atoms with Gasteiger partial charge in [0.2, 0.25) is 0 Å². The van der Waals surface area contributed by atoms with Crippen LogP contribution in [0.4, 0.5) is 5.82 Å². The third-order valence-corrected chi connectivity index (χ3v) is 4.19. The molecule has 0 radical (unpaired) electrons. The lowest BCUT2D eigenvalue weighted by Crippen LogP contribution is -2.03. The van der Waals surface area contributed by atoms with Gasteiger partial charge in [-0.05, 0) is 30.7 Å². The van der Waals surface area contributed by atoms with Crippen molar-refractivity contribution in [3.8, 4) is 17.2 Å². The first-order chi connectivity index (χ1) is 12.7. The maximum Gasteiger partial charge on any atom is 0.160 e. The summed E-state index contributed by atoms with van der Waals surface area (Å²) in [6.45, 7) is 2.70. The molecule has 3 heterocycles. The van der Waals surface area contributed by atoms with Crippen LogP contribution in [0.3, 0.4) is 0 Å². The zero-order chi connectivity index (χ0) is 17.9. The molecule has 0 saturated heterocycles. The highest BCUT2D eigenvalue weighted by atomic mass is 15.3. The van der Waals surface area contributed by atoms with Gasteiger partial charge in [-0.15, -0.1) is 10.2 Å². The van der Waals surface area contributed by atoms with Gasteiger partial charge in [-0.3, -0.25) is 0 Å². The van der Waals surface area contributed by atoms with Gasteiger partial charge in [-0.25, -0.2) is 9.67 Å². The number of para-hydroxylation sites is 1. The lowest BCUT2D eigenvalue weighted by atomic mass is 10.2. The fourth-order valence-corrected chi connectivity index (χ4v) is 2.75. The first kappa shape index (κ1) is 16.0. The first-order valence-electron chi connectivity index (χ1n) is 8.35. The highest BCUT2D eigenvalue weighted by molar-refractivity contribution is 5.51. The van der Waals surface area contributed by atoms with Crippen molar-refractivity contribution in [1.29, 1.82) is 0 Å². The Morgan fingerprint density at radius 2 is 1.96 bits per heavy atom. The Labute approximate surface area is 151 Å². The molecule has 0 saturated carbocycles. The number of anilines is 1. The largest absolute Gasteiger partial charge is 0.364 e. The number of hydrogen-bond donors (Lipinski definition) is 1. The van der Waals surface area contributed by atoms with Crippen LogP contribution in [0.5, 0.6) is 0 Å². The summed E-state index contributed by atoms with van der Waals surface area (Å²) in [4.78, 5) is 4.28. The average Bonchev–Trinajstić information content (AvgIpc) is 3.30. The van der Waals surface area contributed by atoms with E-state index in [2.05, 4.69) is 44.7 Å². The smallest absolute Gasteiger partial charge is 0.160 e. The Morgan fingerprint density at radius 1 is 1.08 bits per heavy atom. The quantitative estimate of drug-likeness (QED) is 0.602. The molecule has 0 fully saturated rings. The van der Waals surface area contributed by atoms with Gasteiger partial charge in [0.05, 0.1) is 11.9 Å². The first-order valence-corrected chi connectivity index (χ1v) is 8.35. The lowest BCUT2D eigenvalue weighted by molar-refractivity contribution is 0.872. The number of aromatic nitrogens is 6. The van der Waals surface area contributed by atoms with Crippen LogP contribution in [0.25, 0.3) is 17.2 Å². The molecule has 0 unspecified atom stereocenters. The van der Waals surface area contributed by atoms with E-state index in [1.807, 2.05) is 59.2 Å². The maximum atomic E-state index is 4.45. The minimum Gasteiger partial charge on any atom is -0.364 e. The highest BCUT2D eigenvalue weighted by Gasteiger charge is 2.07. The van der Waals surface area contributed by atoms with Crippen LogP contribution in [0.1, 0.15) is 11.1 Å².